The summed E-state index contributed by atoms with van der Waals surface area (Å²) in [5.41, 5.74) is 0.532. The molecule has 5 nitrogen and oxygen atoms in total. The zero-order valence-electron chi connectivity index (χ0n) is 13.3. The highest BCUT2D eigenvalue weighted by molar-refractivity contribution is 9.10. The van der Waals surface area contributed by atoms with Gasteiger partial charge in [-0.1, -0.05) is 26.0 Å². The first-order valence-corrected chi connectivity index (χ1v) is 8.32. The minimum atomic E-state index is -0.535. The molecule has 0 aromatic heterocycles. The van der Waals surface area contributed by atoms with E-state index in [0.29, 0.717) is 18.0 Å². The molecule has 0 spiro atoms. The molecule has 7 heteroatoms. The van der Waals surface area contributed by atoms with Gasteiger partial charge in [-0.25, -0.2) is 0 Å². The van der Waals surface area contributed by atoms with Crippen molar-refractivity contribution in [2.75, 3.05) is 19.6 Å². The van der Waals surface area contributed by atoms with Crippen LogP contribution in [0.15, 0.2) is 28.7 Å². The van der Waals surface area contributed by atoms with E-state index in [9.17, 15) is 9.59 Å². The lowest BCUT2D eigenvalue weighted by Crippen LogP contribution is -2.53. The van der Waals surface area contributed by atoms with Gasteiger partial charge < -0.3 is 16.0 Å². The van der Waals surface area contributed by atoms with E-state index in [1.54, 1.807) is 12.1 Å². The monoisotopic (exact) mass is 403 g/mol. The highest BCUT2D eigenvalue weighted by atomic mass is 79.9. The Hall–Kier alpha value is -1.11. The molecule has 0 bridgehead atoms. The van der Waals surface area contributed by atoms with Gasteiger partial charge in [-0.15, -0.1) is 12.4 Å². The van der Waals surface area contributed by atoms with Crippen molar-refractivity contribution in [2.45, 2.75) is 19.9 Å². The van der Waals surface area contributed by atoms with Gasteiger partial charge in [-0.3, -0.25) is 9.59 Å². The Kier molecular flexibility index (Phi) is 8.02. The smallest absolute Gasteiger partial charge is 0.253 e. The van der Waals surface area contributed by atoms with Gasteiger partial charge in [-0.05, 0) is 34.0 Å². The Morgan fingerprint density at radius 2 is 1.96 bits per heavy atom. The quantitative estimate of drug-likeness (QED) is 0.679. The van der Waals surface area contributed by atoms with Crippen LogP contribution in [-0.2, 0) is 4.79 Å². The maximum absolute atomic E-state index is 12.4. The number of benzene rings is 1. The lowest BCUT2D eigenvalue weighted by atomic mass is 10.0. The Balaban J connectivity index is 0.00000264. The summed E-state index contributed by atoms with van der Waals surface area (Å²) in [6, 6.07) is 6.65. The molecular formula is C16H23BrClN3O2. The number of hydrogen-bond donors (Lipinski definition) is 3. The Morgan fingerprint density at radius 1 is 1.30 bits per heavy atom. The lowest BCUT2D eigenvalue weighted by molar-refractivity contribution is -0.124. The van der Waals surface area contributed by atoms with Gasteiger partial charge in [-0.2, -0.15) is 0 Å². The molecule has 1 fully saturated rings. The third-order valence-electron chi connectivity index (χ3n) is 3.79. The van der Waals surface area contributed by atoms with Crippen molar-refractivity contribution in [1.82, 2.24) is 16.0 Å². The zero-order chi connectivity index (χ0) is 16.1. The Bertz CT molecular complexity index is 550. The van der Waals surface area contributed by atoms with Crippen molar-refractivity contribution in [3.8, 4) is 0 Å². The van der Waals surface area contributed by atoms with Crippen LogP contribution in [0.25, 0.3) is 0 Å². The molecule has 0 saturated carbocycles. The first-order valence-electron chi connectivity index (χ1n) is 7.53. The standard InChI is InChI=1S/C16H22BrN3O2.ClH/c1-10(2)14(16(22)19-9-11-7-18-8-11)20-15(21)12-5-3-4-6-13(12)17;/h3-6,10-11,14,18H,7-9H2,1-2H3,(H,19,22)(H,20,21);1H. The average molecular weight is 405 g/mol. The maximum atomic E-state index is 12.4. The van der Waals surface area contributed by atoms with Crippen molar-refractivity contribution in [1.29, 1.82) is 0 Å². The third-order valence-corrected chi connectivity index (χ3v) is 4.48. The fraction of sp³-hybridized carbons (Fsp3) is 0.500. The summed E-state index contributed by atoms with van der Waals surface area (Å²) in [6.45, 7) is 6.39. The largest absolute Gasteiger partial charge is 0.354 e. The molecule has 1 aromatic rings. The minimum absolute atomic E-state index is 0. The molecule has 23 heavy (non-hydrogen) atoms. The Morgan fingerprint density at radius 3 is 2.48 bits per heavy atom. The average Bonchev–Trinajstić information content (AvgIpc) is 2.42. The highest BCUT2D eigenvalue weighted by Crippen LogP contribution is 2.16. The normalized spacial score (nSPS) is 15.3. The molecule has 3 N–H and O–H groups in total. The number of hydrogen-bond acceptors (Lipinski definition) is 3. The fourth-order valence-electron chi connectivity index (χ4n) is 2.25. The van der Waals surface area contributed by atoms with E-state index in [1.807, 2.05) is 26.0 Å². The molecule has 1 atom stereocenters. The molecule has 1 heterocycles. The molecule has 1 aliphatic heterocycles. The maximum Gasteiger partial charge on any atom is 0.253 e. The van der Waals surface area contributed by atoms with E-state index in [-0.39, 0.29) is 30.1 Å². The summed E-state index contributed by atoms with van der Waals surface area (Å²) in [7, 11) is 0. The molecule has 1 saturated heterocycles. The number of carbonyl (C=O) groups excluding carboxylic acids is 2. The van der Waals surface area contributed by atoms with Gasteiger partial charge >= 0.3 is 0 Å². The van der Waals surface area contributed by atoms with E-state index >= 15 is 0 Å². The molecule has 2 amide bonds. The van der Waals surface area contributed by atoms with Gasteiger partial charge in [0, 0.05) is 30.0 Å². The summed E-state index contributed by atoms with van der Waals surface area (Å²) in [5, 5.41) is 8.94. The van der Waals surface area contributed by atoms with Crippen molar-refractivity contribution in [3.63, 3.8) is 0 Å². The van der Waals surface area contributed by atoms with Gasteiger partial charge in [0.05, 0.1) is 5.56 Å². The molecule has 1 unspecified atom stereocenters. The predicted octanol–water partition coefficient (Wildman–Crippen LogP) is 1.96. The Labute approximate surface area is 151 Å². The van der Waals surface area contributed by atoms with E-state index in [4.69, 9.17) is 0 Å². The topological polar surface area (TPSA) is 70.2 Å². The van der Waals surface area contributed by atoms with E-state index in [1.165, 1.54) is 0 Å². The van der Waals surface area contributed by atoms with Gasteiger partial charge in [0.25, 0.3) is 5.91 Å². The molecule has 1 aromatic carbocycles. The molecule has 0 radical (unpaired) electrons. The summed E-state index contributed by atoms with van der Waals surface area (Å²) < 4.78 is 0.718. The van der Waals surface area contributed by atoms with Crippen LogP contribution in [0.5, 0.6) is 0 Å². The summed E-state index contributed by atoms with van der Waals surface area (Å²) in [6.07, 6.45) is 0. The first-order chi connectivity index (χ1) is 10.5. The third kappa shape index (κ3) is 5.48. The van der Waals surface area contributed by atoms with Gasteiger partial charge in [0.2, 0.25) is 5.91 Å². The predicted molar refractivity (Wildman–Crippen MR) is 96.9 cm³/mol. The number of rotatable bonds is 6. The lowest BCUT2D eigenvalue weighted by Gasteiger charge is -2.29. The molecular weight excluding hydrogens is 382 g/mol. The van der Waals surface area contributed by atoms with Crippen LogP contribution in [0.2, 0.25) is 0 Å². The minimum Gasteiger partial charge on any atom is -0.354 e. The molecule has 2 rings (SSSR count). The summed E-state index contributed by atoms with van der Waals surface area (Å²) in [4.78, 5) is 24.7. The van der Waals surface area contributed by atoms with E-state index in [0.717, 1.165) is 17.6 Å². The van der Waals surface area contributed by atoms with Crippen molar-refractivity contribution >= 4 is 40.2 Å². The van der Waals surface area contributed by atoms with Gasteiger partial charge in [0.15, 0.2) is 0 Å². The van der Waals surface area contributed by atoms with Crippen LogP contribution in [0.1, 0.15) is 24.2 Å². The molecule has 0 aliphatic carbocycles. The number of nitrogens with one attached hydrogen (secondary N) is 3. The van der Waals surface area contributed by atoms with Crippen LogP contribution < -0.4 is 16.0 Å². The summed E-state index contributed by atoms with van der Waals surface area (Å²) in [5.74, 6) is 0.149. The van der Waals surface area contributed by atoms with Crippen LogP contribution in [0, 0.1) is 11.8 Å². The number of carbonyl (C=O) groups is 2. The van der Waals surface area contributed by atoms with Crippen molar-refractivity contribution in [3.05, 3.63) is 34.3 Å². The highest BCUT2D eigenvalue weighted by Gasteiger charge is 2.26. The second-order valence-corrected chi connectivity index (χ2v) is 6.80. The fourth-order valence-corrected chi connectivity index (χ4v) is 2.71. The first kappa shape index (κ1) is 19.9. The summed E-state index contributed by atoms with van der Waals surface area (Å²) >= 11 is 3.36. The van der Waals surface area contributed by atoms with Gasteiger partial charge in [0.1, 0.15) is 6.04 Å². The van der Waals surface area contributed by atoms with E-state index < -0.39 is 6.04 Å². The van der Waals surface area contributed by atoms with E-state index in [2.05, 4.69) is 31.9 Å². The number of halogens is 2. The zero-order valence-corrected chi connectivity index (χ0v) is 15.7. The van der Waals surface area contributed by atoms with Crippen molar-refractivity contribution in [2.24, 2.45) is 11.8 Å². The van der Waals surface area contributed by atoms with Crippen LogP contribution >= 0.6 is 28.3 Å². The van der Waals surface area contributed by atoms with Crippen LogP contribution in [0.3, 0.4) is 0 Å². The van der Waals surface area contributed by atoms with Crippen LogP contribution in [-0.4, -0.2) is 37.5 Å². The van der Waals surface area contributed by atoms with Crippen LogP contribution in [0.4, 0.5) is 0 Å². The number of amides is 2. The SMILES string of the molecule is CC(C)C(NC(=O)c1ccccc1Br)C(=O)NCC1CNC1.Cl. The second-order valence-electron chi connectivity index (χ2n) is 5.94. The second kappa shape index (κ2) is 9.25. The molecule has 1 aliphatic rings. The van der Waals surface area contributed by atoms with Crippen molar-refractivity contribution < 1.29 is 9.59 Å². The molecule has 128 valence electrons.